The fourth-order valence-electron chi connectivity index (χ4n) is 1.89. The first-order chi connectivity index (χ1) is 9.49. The van der Waals surface area contributed by atoms with E-state index in [4.69, 9.17) is 10.00 Å². The maximum absolute atomic E-state index is 11.4. The summed E-state index contributed by atoms with van der Waals surface area (Å²) in [4.78, 5) is 11.4. The van der Waals surface area contributed by atoms with E-state index in [1.165, 1.54) is 18.7 Å². The highest BCUT2D eigenvalue weighted by atomic mass is 16.5. The average Bonchev–Trinajstić information content (AvgIpc) is 2.74. The van der Waals surface area contributed by atoms with Gasteiger partial charge in [0.15, 0.2) is 17.2 Å². The molecule has 0 aliphatic heterocycles. The number of ketones is 1. The number of hydrogen-bond donors (Lipinski definition) is 1. The van der Waals surface area contributed by atoms with E-state index in [0.29, 0.717) is 22.7 Å². The van der Waals surface area contributed by atoms with Crippen LogP contribution in [0.15, 0.2) is 18.2 Å². The Hall–Kier alpha value is -2.81. The molecule has 0 unspecified atom stereocenters. The van der Waals surface area contributed by atoms with Gasteiger partial charge in [-0.1, -0.05) is 0 Å². The van der Waals surface area contributed by atoms with Crippen molar-refractivity contribution in [1.82, 2.24) is 9.78 Å². The van der Waals surface area contributed by atoms with Gasteiger partial charge in [-0.3, -0.25) is 4.79 Å². The number of rotatable bonds is 3. The molecule has 6 heteroatoms. The molecule has 0 bridgehead atoms. The third-order valence-electron chi connectivity index (χ3n) is 2.97. The quantitative estimate of drug-likeness (QED) is 0.862. The minimum absolute atomic E-state index is 0.0193. The number of carbonyl (C=O) groups is 1. The van der Waals surface area contributed by atoms with E-state index < -0.39 is 0 Å². The zero-order chi connectivity index (χ0) is 14.9. The van der Waals surface area contributed by atoms with E-state index in [9.17, 15) is 9.90 Å². The van der Waals surface area contributed by atoms with Crippen LogP contribution in [0.4, 0.5) is 0 Å². The number of methoxy groups -OCH3 is 1. The second-order valence-corrected chi connectivity index (χ2v) is 4.25. The van der Waals surface area contributed by atoms with Gasteiger partial charge in [0.1, 0.15) is 11.8 Å². The summed E-state index contributed by atoms with van der Waals surface area (Å²) in [7, 11) is 1.47. The number of aromatic hydroxyl groups is 1. The minimum atomic E-state index is -0.315. The Morgan fingerprint density at radius 2 is 2.20 bits per heavy atom. The Morgan fingerprint density at radius 3 is 2.70 bits per heavy atom. The van der Waals surface area contributed by atoms with Gasteiger partial charge in [-0.25, -0.2) is 4.68 Å². The van der Waals surface area contributed by atoms with Gasteiger partial charge in [0.25, 0.3) is 0 Å². The predicted octanol–water partition coefficient (Wildman–Crippen LogP) is 1.97. The monoisotopic (exact) mass is 271 g/mol. The van der Waals surface area contributed by atoms with Crippen LogP contribution in [0, 0.1) is 18.3 Å². The molecule has 1 aromatic heterocycles. The minimum Gasteiger partial charge on any atom is -0.504 e. The molecule has 0 spiro atoms. The predicted molar refractivity (Wildman–Crippen MR) is 71.2 cm³/mol. The smallest absolute Gasteiger partial charge is 0.183 e. The molecule has 0 atom stereocenters. The zero-order valence-electron chi connectivity index (χ0n) is 11.3. The summed E-state index contributed by atoms with van der Waals surface area (Å²) in [6.07, 6.45) is 0. The van der Waals surface area contributed by atoms with Crippen LogP contribution in [0.1, 0.15) is 28.7 Å². The third kappa shape index (κ3) is 2.10. The van der Waals surface area contributed by atoms with E-state index in [0.717, 1.165) is 0 Å². The van der Waals surface area contributed by atoms with Gasteiger partial charge < -0.3 is 9.84 Å². The number of hydrogen-bond acceptors (Lipinski definition) is 5. The molecule has 0 aliphatic rings. The largest absolute Gasteiger partial charge is 0.504 e. The Kier molecular flexibility index (Phi) is 3.44. The molecule has 2 aromatic rings. The number of Topliss-reactive ketones (excluding diaryl/α,β-unsaturated/α-hetero) is 1. The molecule has 1 N–H and O–H groups in total. The van der Waals surface area contributed by atoms with Gasteiger partial charge in [0.05, 0.1) is 24.1 Å². The first kappa shape index (κ1) is 13.6. The van der Waals surface area contributed by atoms with Crippen LogP contribution in [0.5, 0.6) is 11.5 Å². The van der Waals surface area contributed by atoms with Crippen molar-refractivity contribution in [3.8, 4) is 23.3 Å². The van der Waals surface area contributed by atoms with Crippen molar-refractivity contribution in [3.05, 3.63) is 35.2 Å². The lowest BCUT2D eigenvalue weighted by molar-refractivity contribution is 0.101. The van der Waals surface area contributed by atoms with Gasteiger partial charge in [0, 0.05) is 13.0 Å². The highest BCUT2D eigenvalue weighted by molar-refractivity contribution is 5.95. The molecule has 1 heterocycles. The lowest BCUT2D eigenvalue weighted by Crippen LogP contribution is -2.02. The van der Waals surface area contributed by atoms with Crippen molar-refractivity contribution in [3.63, 3.8) is 0 Å². The summed E-state index contributed by atoms with van der Waals surface area (Å²) >= 11 is 0. The molecule has 1 aromatic carbocycles. The molecule has 0 radical (unpaired) electrons. The van der Waals surface area contributed by atoms with Crippen molar-refractivity contribution in [2.24, 2.45) is 0 Å². The first-order valence-corrected chi connectivity index (χ1v) is 5.87. The average molecular weight is 271 g/mol. The molecule has 0 fully saturated rings. The first-order valence-electron chi connectivity index (χ1n) is 5.87. The maximum Gasteiger partial charge on any atom is 0.183 e. The van der Waals surface area contributed by atoms with Crippen molar-refractivity contribution in [2.75, 3.05) is 7.11 Å². The number of carbonyl (C=O) groups excluding carboxylic acids is 1. The van der Waals surface area contributed by atoms with Gasteiger partial charge >= 0.3 is 0 Å². The summed E-state index contributed by atoms with van der Waals surface area (Å²) in [6.45, 7) is 2.99. The Balaban J connectivity index is 2.61. The Bertz CT molecular complexity index is 726. The van der Waals surface area contributed by atoms with E-state index >= 15 is 0 Å². The van der Waals surface area contributed by atoms with Crippen LogP contribution in [-0.2, 0) is 0 Å². The number of nitrogens with zero attached hydrogens (tertiary/aromatic N) is 3. The second kappa shape index (κ2) is 5.05. The zero-order valence-corrected chi connectivity index (χ0v) is 11.3. The number of ether oxygens (including phenoxy) is 1. The molecular weight excluding hydrogens is 258 g/mol. The maximum atomic E-state index is 11.4. The van der Waals surface area contributed by atoms with Crippen LogP contribution in [-0.4, -0.2) is 27.8 Å². The number of aromatic nitrogens is 2. The third-order valence-corrected chi connectivity index (χ3v) is 2.97. The van der Waals surface area contributed by atoms with E-state index in [1.54, 1.807) is 25.1 Å². The molecule has 6 nitrogen and oxygen atoms in total. The van der Waals surface area contributed by atoms with Gasteiger partial charge in [0.2, 0.25) is 0 Å². The lowest BCUT2D eigenvalue weighted by atomic mass is 10.2. The summed E-state index contributed by atoms with van der Waals surface area (Å²) in [5.74, 6) is -0.0467. The van der Waals surface area contributed by atoms with E-state index in [-0.39, 0.29) is 17.2 Å². The van der Waals surface area contributed by atoms with Crippen LogP contribution in [0.25, 0.3) is 5.69 Å². The topological polar surface area (TPSA) is 88.1 Å². The SMILES string of the molecule is COc1cc(-n2nc(C(C)=O)c(O)c2C)ccc1C#N. The van der Waals surface area contributed by atoms with Crippen molar-refractivity contribution in [2.45, 2.75) is 13.8 Å². The highest BCUT2D eigenvalue weighted by Crippen LogP contribution is 2.27. The molecule has 0 saturated carbocycles. The fourth-order valence-corrected chi connectivity index (χ4v) is 1.89. The molecule has 0 amide bonds. The van der Waals surface area contributed by atoms with Crippen LogP contribution in [0.3, 0.4) is 0 Å². The Labute approximate surface area is 115 Å². The van der Waals surface area contributed by atoms with Gasteiger partial charge in [-0.15, -0.1) is 0 Å². The Morgan fingerprint density at radius 1 is 1.50 bits per heavy atom. The second-order valence-electron chi connectivity index (χ2n) is 4.25. The van der Waals surface area contributed by atoms with Crippen molar-refractivity contribution < 1.29 is 14.6 Å². The van der Waals surface area contributed by atoms with Gasteiger partial charge in [-0.05, 0) is 19.1 Å². The van der Waals surface area contributed by atoms with Crippen LogP contribution in [0.2, 0.25) is 0 Å². The normalized spacial score (nSPS) is 10.1. The lowest BCUT2D eigenvalue weighted by Gasteiger charge is -2.07. The number of benzene rings is 1. The summed E-state index contributed by atoms with van der Waals surface area (Å²) in [6, 6.07) is 6.91. The van der Waals surface area contributed by atoms with Crippen LogP contribution < -0.4 is 4.74 Å². The molecular formula is C14H13N3O3. The highest BCUT2D eigenvalue weighted by Gasteiger charge is 2.18. The number of nitriles is 1. The molecule has 0 aliphatic carbocycles. The van der Waals surface area contributed by atoms with Crippen molar-refractivity contribution in [1.29, 1.82) is 5.26 Å². The van der Waals surface area contributed by atoms with Crippen molar-refractivity contribution >= 4 is 5.78 Å². The fraction of sp³-hybridized carbons (Fsp3) is 0.214. The van der Waals surface area contributed by atoms with Crippen LogP contribution >= 0.6 is 0 Å². The summed E-state index contributed by atoms with van der Waals surface area (Å²) in [5.41, 5.74) is 1.46. The summed E-state index contributed by atoms with van der Waals surface area (Å²) < 4.78 is 6.57. The molecule has 2 rings (SSSR count). The molecule has 0 saturated heterocycles. The van der Waals surface area contributed by atoms with Gasteiger partial charge in [-0.2, -0.15) is 10.4 Å². The molecule has 102 valence electrons. The standard InChI is InChI=1S/C14H13N3O3/c1-8-14(19)13(9(2)18)16-17(8)11-5-4-10(7-15)12(6-11)20-3/h4-6,19H,1-3H3. The molecule has 20 heavy (non-hydrogen) atoms. The van der Waals surface area contributed by atoms with E-state index in [2.05, 4.69) is 5.10 Å². The van der Waals surface area contributed by atoms with E-state index in [1.807, 2.05) is 6.07 Å². The summed E-state index contributed by atoms with van der Waals surface area (Å²) in [5, 5.41) is 22.9.